The minimum absolute atomic E-state index is 0.00593. The van der Waals surface area contributed by atoms with Crippen molar-refractivity contribution in [3.05, 3.63) is 88.2 Å². The molecule has 3 aromatic rings. The van der Waals surface area contributed by atoms with E-state index in [1.54, 1.807) is 23.1 Å². The maximum atomic E-state index is 13.0. The highest BCUT2D eigenvalue weighted by atomic mass is 16.6. The number of non-ortho nitro benzene ring substituents is 1. The second-order valence-electron chi connectivity index (χ2n) is 6.27. The molecule has 0 saturated carbocycles. The fraction of sp³-hybridized carbons (Fsp3) is 0.150. The van der Waals surface area contributed by atoms with Gasteiger partial charge in [-0.2, -0.15) is 0 Å². The molecule has 2 aromatic carbocycles. The highest BCUT2D eigenvalue weighted by Crippen LogP contribution is 2.32. The first-order valence-electron chi connectivity index (χ1n) is 8.46. The Morgan fingerprint density at radius 1 is 1.04 bits per heavy atom. The van der Waals surface area contributed by atoms with Crippen molar-refractivity contribution in [3.63, 3.8) is 0 Å². The number of hydrogen-bond donors (Lipinski definition) is 0. The van der Waals surface area contributed by atoms with Gasteiger partial charge >= 0.3 is 0 Å². The fourth-order valence-corrected chi connectivity index (χ4v) is 3.33. The van der Waals surface area contributed by atoms with Crippen molar-refractivity contribution in [1.29, 1.82) is 0 Å². The molecule has 26 heavy (non-hydrogen) atoms. The molecule has 0 fully saturated rings. The molecule has 2 heterocycles. The zero-order valence-corrected chi connectivity index (χ0v) is 14.0. The number of nitro groups is 1. The number of nitro benzene ring substituents is 1. The molecule has 6 heteroatoms. The predicted octanol–water partition coefficient (Wildman–Crippen LogP) is 3.98. The summed E-state index contributed by atoms with van der Waals surface area (Å²) in [6, 6.07) is 16.0. The molecule has 0 bridgehead atoms. The van der Waals surface area contributed by atoms with E-state index in [0.717, 1.165) is 24.1 Å². The Kier molecular flexibility index (Phi) is 4.01. The minimum Gasteiger partial charge on any atom is -0.324 e. The summed E-state index contributed by atoms with van der Waals surface area (Å²) in [5, 5.41) is 11.1. The van der Waals surface area contributed by atoms with Gasteiger partial charge in [0.2, 0.25) is 0 Å². The van der Waals surface area contributed by atoms with E-state index in [1.807, 2.05) is 41.2 Å². The van der Waals surface area contributed by atoms with Crippen LogP contribution in [-0.2, 0) is 6.42 Å². The molecule has 1 amide bonds. The van der Waals surface area contributed by atoms with Crippen LogP contribution < -0.4 is 4.90 Å². The highest BCUT2D eigenvalue weighted by Gasteiger charge is 2.25. The number of hydrogen-bond acceptors (Lipinski definition) is 3. The molecule has 0 radical (unpaired) electrons. The molecule has 0 N–H and O–H groups in total. The van der Waals surface area contributed by atoms with E-state index in [2.05, 4.69) is 0 Å². The molecular weight excluding hydrogens is 330 g/mol. The van der Waals surface area contributed by atoms with Crippen LogP contribution in [0.3, 0.4) is 0 Å². The van der Waals surface area contributed by atoms with E-state index in [0.29, 0.717) is 17.8 Å². The first-order valence-corrected chi connectivity index (χ1v) is 8.46. The second-order valence-corrected chi connectivity index (χ2v) is 6.27. The predicted molar refractivity (Wildman–Crippen MR) is 98.9 cm³/mol. The Morgan fingerprint density at radius 2 is 1.77 bits per heavy atom. The Bertz CT molecular complexity index is 962. The summed E-state index contributed by atoms with van der Waals surface area (Å²) in [4.78, 5) is 25.3. The van der Waals surface area contributed by atoms with Gasteiger partial charge in [0.15, 0.2) is 0 Å². The van der Waals surface area contributed by atoms with E-state index in [1.165, 1.54) is 12.1 Å². The lowest BCUT2D eigenvalue weighted by molar-refractivity contribution is -0.384. The van der Waals surface area contributed by atoms with Crippen molar-refractivity contribution >= 4 is 17.3 Å². The van der Waals surface area contributed by atoms with Gasteiger partial charge in [-0.1, -0.05) is 6.07 Å². The van der Waals surface area contributed by atoms with E-state index >= 15 is 0 Å². The largest absolute Gasteiger partial charge is 0.324 e. The van der Waals surface area contributed by atoms with Crippen molar-refractivity contribution in [2.24, 2.45) is 0 Å². The summed E-state index contributed by atoms with van der Waals surface area (Å²) in [7, 11) is 0. The Morgan fingerprint density at radius 3 is 2.46 bits per heavy atom. The van der Waals surface area contributed by atoms with E-state index in [9.17, 15) is 14.9 Å². The summed E-state index contributed by atoms with van der Waals surface area (Å²) in [5.41, 5.74) is 3.16. The van der Waals surface area contributed by atoms with Gasteiger partial charge in [0, 0.05) is 42.3 Å². The lowest BCUT2D eigenvalue weighted by Gasteiger charge is -2.29. The molecule has 1 aliphatic heterocycles. The number of fused-ring (bicyclic) bond motifs is 1. The van der Waals surface area contributed by atoms with Gasteiger partial charge in [0.1, 0.15) is 0 Å². The van der Waals surface area contributed by atoms with Gasteiger partial charge in [-0.3, -0.25) is 14.9 Å². The van der Waals surface area contributed by atoms with E-state index in [-0.39, 0.29) is 11.6 Å². The van der Waals surface area contributed by atoms with Gasteiger partial charge in [0.05, 0.1) is 10.6 Å². The molecular formula is C20H17N3O3. The molecule has 4 rings (SSSR count). The van der Waals surface area contributed by atoms with Crippen LogP contribution in [0.5, 0.6) is 0 Å². The average Bonchev–Trinajstić information content (AvgIpc) is 3.21. The maximum absolute atomic E-state index is 13.0. The van der Waals surface area contributed by atoms with Crippen LogP contribution in [0.4, 0.5) is 11.4 Å². The normalized spacial score (nSPS) is 13.3. The molecule has 0 spiro atoms. The summed E-state index contributed by atoms with van der Waals surface area (Å²) in [6.45, 7) is 0.562. The van der Waals surface area contributed by atoms with Crippen molar-refractivity contribution in [3.8, 4) is 5.69 Å². The number of rotatable bonds is 3. The van der Waals surface area contributed by atoms with Crippen LogP contribution in [-0.4, -0.2) is 21.9 Å². The Hall–Kier alpha value is -3.41. The molecule has 0 aliphatic carbocycles. The summed E-state index contributed by atoms with van der Waals surface area (Å²) < 4.78 is 1.97. The van der Waals surface area contributed by atoms with Crippen molar-refractivity contribution in [2.75, 3.05) is 11.4 Å². The lowest BCUT2D eigenvalue weighted by Crippen LogP contribution is -2.35. The topological polar surface area (TPSA) is 68.4 Å². The van der Waals surface area contributed by atoms with E-state index < -0.39 is 4.92 Å². The standard InChI is InChI=1S/C20H17N3O3/c24-20(16-6-8-17(9-7-16)21-11-1-2-12-21)22-13-3-4-15-5-10-18(23(25)26)14-19(15)22/h1-2,5-12,14H,3-4,13H2. The molecule has 1 aliphatic rings. The zero-order chi connectivity index (χ0) is 18.1. The van der Waals surface area contributed by atoms with Crippen LogP contribution in [0, 0.1) is 10.1 Å². The minimum atomic E-state index is -0.427. The quantitative estimate of drug-likeness (QED) is 0.531. The van der Waals surface area contributed by atoms with Gasteiger partial charge in [-0.15, -0.1) is 0 Å². The SMILES string of the molecule is O=C(c1ccc(-n2cccc2)cc1)N1CCCc2ccc([N+](=O)[O-])cc21. The van der Waals surface area contributed by atoms with Crippen LogP contribution in [0.15, 0.2) is 67.0 Å². The maximum Gasteiger partial charge on any atom is 0.271 e. The summed E-state index contributed by atoms with van der Waals surface area (Å²) in [5.74, 6) is -0.134. The number of nitrogens with zero attached hydrogens (tertiary/aromatic N) is 3. The molecule has 130 valence electrons. The number of benzene rings is 2. The third-order valence-electron chi connectivity index (χ3n) is 4.66. The molecule has 0 saturated heterocycles. The number of aryl methyl sites for hydroxylation is 1. The van der Waals surface area contributed by atoms with Crippen molar-refractivity contribution in [1.82, 2.24) is 4.57 Å². The average molecular weight is 347 g/mol. The Labute approximate surface area is 150 Å². The molecule has 0 unspecified atom stereocenters. The number of aromatic nitrogens is 1. The van der Waals surface area contributed by atoms with Crippen LogP contribution in [0.25, 0.3) is 5.69 Å². The van der Waals surface area contributed by atoms with Crippen LogP contribution >= 0.6 is 0 Å². The first-order chi connectivity index (χ1) is 12.6. The lowest BCUT2D eigenvalue weighted by atomic mass is 10.00. The summed E-state index contributed by atoms with van der Waals surface area (Å²) >= 11 is 0. The highest BCUT2D eigenvalue weighted by molar-refractivity contribution is 6.07. The molecule has 1 aromatic heterocycles. The smallest absolute Gasteiger partial charge is 0.271 e. The molecule has 6 nitrogen and oxygen atoms in total. The van der Waals surface area contributed by atoms with Gasteiger partial charge < -0.3 is 9.47 Å². The zero-order valence-electron chi connectivity index (χ0n) is 14.0. The van der Waals surface area contributed by atoms with Crippen LogP contribution in [0.2, 0.25) is 0 Å². The molecule has 0 atom stereocenters. The third-order valence-corrected chi connectivity index (χ3v) is 4.66. The van der Waals surface area contributed by atoms with E-state index in [4.69, 9.17) is 0 Å². The Balaban J connectivity index is 1.65. The number of amides is 1. The van der Waals surface area contributed by atoms with Gasteiger partial charge in [0.25, 0.3) is 11.6 Å². The first kappa shape index (κ1) is 16.1. The fourth-order valence-electron chi connectivity index (χ4n) is 3.33. The van der Waals surface area contributed by atoms with Crippen molar-refractivity contribution < 1.29 is 9.72 Å². The number of anilines is 1. The number of carbonyl (C=O) groups excluding carboxylic acids is 1. The van der Waals surface area contributed by atoms with Gasteiger partial charge in [-0.25, -0.2) is 0 Å². The van der Waals surface area contributed by atoms with Crippen LogP contribution in [0.1, 0.15) is 22.3 Å². The third kappa shape index (κ3) is 2.86. The van der Waals surface area contributed by atoms with Crippen molar-refractivity contribution in [2.45, 2.75) is 12.8 Å². The monoisotopic (exact) mass is 347 g/mol. The van der Waals surface area contributed by atoms with Gasteiger partial charge in [-0.05, 0) is 54.8 Å². The summed E-state index contributed by atoms with van der Waals surface area (Å²) in [6.07, 6.45) is 5.55. The number of carbonyl (C=O) groups is 1. The second kappa shape index (κ2) is 6.48.